The molecule has 0 aliphatic rings. The number of rotatable bonds is 4. The predicted molar refractivity (Wildman–Crippen MR) is 72.8 cm³/mol. The van der Waals surface area contributed by atoms with Crippen LogP contribution in [0.5, 0.6) is 0 Å². The number of amides is 1. The van der Waals surface area contributed by atoms with Gasteiger partial charge in [0.15, 0.2) is 0 Å². The Bertz CT molecular complexity index is 556. The minimum atomic E-state index is -4.29. The number of halogens is 3. The van der Waals surface area contributed by atoms with Crippen LogP contribution in [0.1, 0.15) is 34.3 Å². The highest BCUT2D eigenvalue weighted by Crippen LogP contribution is 2.18. The Morgan fingerprint density at radius 2 is 2.10 bits per heavy atom. The van der Waals surface area contributed by atoms with E-state index in [4.69, 9.17) is 5.11 Å². The lowest BCUT2D eigenvalue weighted by atomic mass is 10.0. The van der Waals surface area contributed by atoms with Crippen molar-refractivity contribution in [2.75, 3.05) is 13.2 Å². The largest absolute Gasteiger partial charge is 0.395 e. The fourth-order valence-corrected chi connectivity index (χ4v) is 1.53. The maximum absolute atomic E-state index is 12.0. The Morgan fingerprint density at radius 3 is 2.71 bits per heavy atom. The van der Waals surface area contributed by atoms with E-state index in [1.165, 1.54) is 12.1 Å². The Morgan fingerprint density at radius 1 is 1.38 bits per heavy atom. The monoisotopic (exact) mass is 299 g/mol. The van der Waals surface area contributed by atoms with E-state index in [1.54, 1.807) is 6.07 Å². The first-order valence-corrected chi connectivity index (χ1v) is 6.39. The van der Waals surface area contributed by atoms with Gasteiger partial charge in [0.05, 0.1) is 13.0 Å². The van der Waals surface area contributed by atoms with Crippen molar-refractivity contribution in [3.8, 4) is 11.8 Å². The summed E-state index contributed by atoms with van der Waals surface area (Å²) in [5, 5.41) is 10.9. The van der Waals surface area contributed by atoms with Crippen molar-refractivity contribution in [1.82, 2.24) is 5.32 Å². The molecule has 0 saturated carbocycles. The van der Waals surface area contributed by atoms with Crippen LogP contribution in [-0.4, -0.2) is 30.3 Å². The number of hydrogen-bond donors (Lipinski definition) is 2. The zero-order valence-electron chi connectivity index (χ0n) is 11.5. The lowest BCUT2D eigenvalue weighted by Crippen LogP contribution is -2.28. The van der Waals surface area contributed by atoms with Gasteiger partial charge in [0.25, 0.3) is 5.91 Å². The van der Waals surface area contributed by atoms with E-state index in [0.717, 1.165) is 5.56 Å². The molecule has 0 atom stereocenters. The van der Waals surface area contributed by atoms with Crippen LogP contribution < -0.4 is 5.32 Å². The molecule has 1 amide bonds. The Kier molecular flexibility index (Phi) is 6.25. The zero-order chi connectivity index (χ0) is 15.9. The fraction of sp³-hybridized carbons (Fsp3) is 0.400. The standard InChI is InChI=1S/C15H16F3NO2/c1-11-5-6-13(10-12(11)4-2-3-9-20)14(21)19-8-7-15(16,17)18/h5-6,10,20H,3,7-9H2,1H3,(H,19,21). The summed E-state index contributed by atoms with van der Waals surface area (Å²) in [4.78, 5) is 11.8. The van der Waals surface area contributed by atoms with Crippen LogP contribution >= 0.6 is 0 Å². The average Bonchev–Trinajstić information content (AvgIpc) is 2.39. The molecule has 0 saturated heterocycles. The highest BCUT2D eigenvalue weighted by atomic mass is 19.4. The van der Waals surface area contributed by atoms with E-state index >= 15 is 0 Å². The van der Waals surface area contributed by atoms with Gasteiger partial charge in [-0.25, -0.2) is 0 Å². The fourth-order valence-electron chi connectivity index (χ4n) is 1.53. The molecule has 0 aliphatic carbocycles. The van der Waals surface area contributed by atoms with Crippen LogP contribution in [-0.2, 0) is 0 Å². The van der Waals surface area contributed by atoms with Crippen LogP contribution in [0.15, 0.2) is 18.2 Å². The van der Waals surface area contributed by atoms with Gasteiger partial charge in [0.1, 0.15) is 0 Å². The van der Waals surface area contributed by atoms with E-state index in [-0.39, 0.29) is 12.2 Å². The molecule has 0 radical (unpaired) electrons. The Labute approximate surface area is 121 Å². The molecule has 0 bridgehead atoms. The molecule has 0 spiro atoms. The van der Waals surface area contributed by atoms with Gasteiger partial charge in [-0.2, -0.15) is 13.2 Å². The van der Waals surface area contributed by atoms with Crippen molar-refractivity contribution >= 4 is 5.91 Å². The lowest BCUT2D eigenvalue weighted by molar-refractivity contribution is -0.132. The van der Waals surface area contributed by atoms with E-state index < -0.39 is 25.0 Å². The van der Waals surface area contributed by atoms with Gasteiger partial charge in [0, 0.05) is 24.1 Å². The number of nitrogens with one attached hydrogen (secondary N) is 1. The highest BCUT2D eigenvalue weighted by molar-refractivity contribution is 5.94. The normalized spacial score (nSPS) is 10.7. The van der Waals surface area contributed by atoms with Gasteiger partial charge >= 0.3 is 6.18 Å². The molecule has 3 nitrogen and oxygen atoms in total. The van der Waals surface area contributed by atoms with Gasteiger partial charge in [-0.1, -0.05) is 17.9 Å². The summed E-state index contributed by atoms with van der Waals surface area (Å²) in [5.74, 6) is 5.00. The second kappa shape index (κ2) is 7.70. The minimum Gasteiger partial charge on any atom is -0.395 e. The molecule has 0 aliphatic heterocycles. The van der Waals surface area contributed by atoms with Gasteiger partial charge in [-0.05, 0) is 24.6 Å². The number of carbonyl (C=O) groups excluding carboxylic acids is 1. The molecule has 21 heavy (non-hydrogen) atoms. The molecular formula is C15H16F3NO2. The number of aryl methyl sites for hydroxylation is 1. The molecule has 0 unspecified atom stereocenters. The minimum absolute atomic E-state index is 0.0519. The van der Waals surface area contributed by atoms with Gasteiger partial charge in [0.2, 0.25) is 0 Å². The molecule has 0 aromatic heterocycles. The van der Waals surface area contributed by atoms with Crippen LogP contribution in [0.2, 0.25) is 0 Å². The van der Waals surface area contributed by atoms with E-state index in [2.05, 4.69) is 17.2 Å². The van der Waals surface area contributed by atoms with E-state index in [9.17, 15) is 18.0 Å². The smallest absolute Gasteiger partial charge is 0.390 e. The molecule has 2 N–H and O–H groups in total. The van der Waals surface area contributed by atoms with E-state index in [1.807, 2.05) is 6.92 Å². The van der Waals surface area contributed by atoms with Crippen molar-refractivity contribution in [3.63, 3.8) is 0 Å². The summed E-state index contributed by atoms with van der Waals surface area (Å²) < 4.78 is 36.0. The van der Waals surface area contributed by atoms with Crippen molar-refractivity contribution in [3.05, 3.63) is 34.9 Å². The maximum Gasteiger partial charge on any atom is 0.390 e. The predicted octanol–water partition coefficient (Wildman–Crippen LogP) is 2.41. The van der Waals surface area contributed by atoms with Crippen molar-refractivity contribution in [1.29, 1.82) is 0 Å². The molecule has 1 rings (SSSR count). The lowest BCUT2D eigenvalue weighted by Gasteiger charge is -2.08. The number of carbonyl (C=O) groups is 1. The Hall–Kier alpha value is -2.00. The van der Waals surface area contributed by atoms with Crippen LogP contribution in [0.3, 0.4) is 0 Å². The Balaban J connectivity index is 2.73. The van der Waals surface area contributed by atoms with E-state index in [0.29, 0.717) is 12.0 Å². The van der Waals surface area contributed by atoms with Gasteiger partial charge in [-0.15, -0.1) is 0 Å². The molecular weight excluding hydrogens is 283 g/mol. The first-order chi connectivity index (χ1) is 9.83. The molecule has 0 heterocycles. The number of aliphatic hydroxyl groups excluding tert-OH is 1. The molecule has 1 aromatic carbocycles. The number of benzene rings is 1. The third-order valence-electron chi connectivity index (χ3n) is 2.65. The van der Waals surface area contributed by atoms with Crippen LogP contribution in [0, 0.1) is 18.8 Å². The molecule has 0 fully saturated rings. The summed E-state index contributed by atoms with van der Waals surface area (Å²) in [5.41, 5.74) is 1.73. The van der Waals surface area contributed by atoms with Crippen molar-refractivity contribution < 1.29 is 23.1 Å². The second-order valence-corrected chi connectivity index (χ2v) is 4.43. The number of alkyl halides is 3. The maximum atomic E-state index is 12.0. The highest BCUT2D eigenvalue weighted by Gasteiger charge is 2.26. The summed E-state index contributed by atoms with van der Waals surface area (Å²) in [7, 11) is 0. The second-order valence-electron chi connectivity index (χ2n) is 4.43. The summed E-state index contributed by atoms with van der Waals surface area (Å²) >= 11 is 0. The SMILES string of the molecule is Cc1ccc(C(=O)NCCC(F)(F)F)cc1C#CCCO. The summed E-state index contributed by atoms with van der Waals surface area (Å²) in [6.45, 7) is 1.31. The van der Waals surface area contributed by atoms with Crippen LogP contribution in [0.4, 0.5) is 13.2 Å². The van der Waals surface area contributed by atoms with Crippen molar-refractivity contribution in [2.24, 2.45) is 0 Å². The van der Waals surface area contributed by atoms with Gasteiger partial charge < -0.3 is 10.4 Å². The number of hydrogen-bond acceptors (Lipinski definition) is 2. The first-order valence-electron chi connectivity index (χ1n) is 6.39. The first kappa shape index (κ1) is 17.1. The van der Waals surface area contributed by atoms with Crippen LogP contribution in [0.25, 0.3) is 0 Å². The number of aliphatic hydroxyl groups is 1. The molecule has 6 heteroatoms. The topological polar surface area (TPSA) is 49.3 Å². The molecule has 1 aromatic rings. The zero-order valence-corrected chi connectivity index (χ0v) is 11.5. The summed E-state index contributed by atoms with van der Waals surface area (Å²) in [6.07, 6.45) is -5.03. The third-order valence-corrected chi connectivity index (χ3v) is 2.65. The summed E-state index contributed by atoms with van der Waals surface area (Å²) in [6, 6.07) is 4.75. The quantitative estimate of drug-likeness (QED) is 0.839. The average molecular weight is 299 g/mol. The molecule has 114 valence electrons. The van der Waals surface area contributed by atoms with Crippen molar-refractivity contribution in [2.45, 2.75) is 25.9 Å². The third kappa shape index (κ3) is 6.32. The van der Waals surface area contributed by atoms with Gasteiger partial charge in [-0.3, -0.25) is 4.79 Å².